The summed E-state index contributed by atoms with van der Waals surface area (Å²) in [5.41, 5.74) is -0.0679. The Balaban J connectivity index is 1.64. The van der Waals surface area contributed by atoms with Gasteiger partial charge in [-0.05, 0) is 94.2 Å². The zero-order valence-corrected chi connectivity index (χ0v) is 14.7. The van der Waals surface area contributed by atoms with Gasteiger partial charge in [-0.3, -0.25) is 0 Å². The van der Waals surface area contributed by atoms with Gasteiger partial charge in [0.15, 0.2) is 0 Å². The molecule has 130 valence electrons. The van der Waals surface area contributed by atoms with Crippen LogP contribution in [-0.2, 0) is 5.67 Å². The second-order valence-electron chi connectivity index (χ2n) is 8.20. The van der Waals surface area contributed by atoms with Crippen LogP contribution in [0.15, 0.2) is 18.2 Å². The Kier molecular flexibility index (Phi) is 4.69. The Morgan fingerprint density at radius 3 is 2.04 bits per heavy atom. The maximum Gasteiger partial charge on any atom is 0.136 e. The van der Waals surface area contributed by atoms with Gasteiger partial charge in [-0.2, -0.15) is 5.26 Å². The molecular weight excluding hydrogens is 304 g/mol. The third-order valence-corrected chi connectivity index (χ3v) is 6.43. The molecule has 0 saturated heterocycles. The zero-order valence-electron chi connectivity index (χ0n) is 14.7. The monoisotopic (exact) mass is 331 g/mol. The fourth-order valence-corrected chi connectivity index (χ4v) is 4.64. The number of benzene rings is 1. The summed E-state index contributed by atoms with van der Waals surface area (Å²) in [6.45, 7) is 3.58. The average molecular weight is 331 g/mol. The number of nitrogens with zero attached hydrogens (tertiary/aromatic N) is 1. The number of rotatable bonds is 2. The van der Waals surface area contributed by atoms with Gasteiger partial charge in [0.1, 0.15) is 11.3 Å². The van der Waals surface area contributed by atoms with Crippen LogP contribution in [0.3, 0.4) is 0 Å². The van der Waals surface area contributed by atoms with Crippen LogP contribution in [0.2, 0.25) is 0 Å². The molecule has 2 fully saturated rings. The van der Waals surface area contributed by atoms with Crippen molar-refractivity contribution in [2.45, 2.75) is 76.6 Å². The van der Waals surface area contributed by atoms with Gasteiger partial charge in [0.25, 0.3) is 0 Å². The second kappa shape index (κ2) is 6.47. The molecular formula is C21H27F2N. The van der Waals surface area contributed by atoms with Crippen molar-refractivity contribution in [3.63, 3.8) is 0 Å². The van der Waals surface area contributed by atoms with Crippen molar-refractivity contribution in [1.82, 2.24) is 0 Å². The van der Waals surface area contributed by atoms with Crippen LogP contribution in [-0.4, -0.2) is 5.67 Å². The molecule has 1 nitrogen and oxygen atoms in total. The topological polar surface area (TPSA) is 23.8 Å². The number of hydrogen-bond acceptors (Lipinski definition) is 1. The Bertz CT molecular complexity index is 626. The third-order valence-electron chi connectivity index (χ3n) is 6.43. The predicted octanol–water partition coefficient (Wildman–Crippen LogP) is 6.14. The largest absolute Gasteiger partial charge is 0.244 e. The molecule has 0 N–H and O–H groups in total. The van der Waals surface area contributed by atoms with Crippen molar-refractivity contribution >= 4 is 0 Å². The van der Waals surface area contributed by atoms with E-state index in [4.69, 9.17) is 5.26 Å². The van der Waals surface area contributed by atoms with E-state index in [1.807, 2.05) is 13.0 Å². The van der Waals surface area contributed by atoms with E-state index in [0.29, 0.717) is 43.1 Å². The molecule has 3 rings (SSSR count). The minimum Gasteiger partial charge on any atom is -0.244 e. The summed E-state index contributed by atoms with van der Waals surface area (Å²) in [5.74, 6) is 1.12. The Morgan fingerprint density at radius 2 is 1.54 bits per heavy atom. The van der Waals surface area contributed by atoms with Crippen molar-refractivity contribution in [2.75, 3.05) is 0 Å². The van der Waals surface area contributed by atoms with Gasteiger partial charge in [-0.15, -0.1) is 0 Å². The first-order chi connectivity index (χ1) is 11.3. The SMILES string of the molecule is Cc1cc(C2(F)CCC(C3CCC(C)(F)CC3)CC2)ccc1C#N. The summed E-state index contributed by atoms with van der Waals surface area (Å²) in [5, 5.41) is 9.03. The van der Waals surface area contributed by atoms with Crippen LogP contribution in [0.4, 0.5) is 8.78 Å². The van der Waals surface area contributed by atoms with E-state index >= 15 is 4.39 Å². The molecule has 0 spiro atoms. The summed E-state index contributed by atoms with van der Waals surface area (Å²) >= 11 is 0. The van der Waals surface area contributed by atoms with Gasteiger partial charge in [-0.25, -0.2) is 8.78 Å². The number of alkyl halides is 2. The van der Waals surface area contributed by atoms with E-state index in [-0.39, 0.29) is 0 Å². The predicted molar refractivity (Wildman–Crippen MR) is 92.1 cm³/mol. The molecule has 1 aromatic rings. The minimum absolute atomic E-state index is 0.546. The molecule has 0 aliphatic heterocycles. The first kappa shape index (κ1) is 17.4. The van der Waals surface area contributed by atoms with Crippen LogP contribution in [0, 0.1) is 30.1 Å². The lowest BCUT2D eigenvalue weighted by atomic mass is 9.67. The summed E-state index contributed by atoms with van der Waals surface area (Å²) in [6, 6.07) is 7.50. The van der Waals surface area contributed by atoms with Crippen molar-refractivity contribution in [3.8, 4) is 6.07 Å². The van der Waals surface area contributed by atoms with E-state index in [0.717, 1.165) is 36.8 Å². The minimum atomic E-state index is -1.27. The van der Waals surface area contributed by atoms with Crippen molar-refractivity contribution < 1.29 is 8.78 Å². The molecule has 0 aromatic heterocycles. The third kappa shape index (κ3) is 3.48. The quantitative estimate of drug-likeness (QED) is 0.638. The van der Waals surface area contributed by atoms with Gasteiger partial charge in [0.2, 0.25) is 0 Å². The summed E-state index contributed by atoms with van der Waals surface area (Å²) in [6.07, 6.45) is 6.10. The van der Waals surface area contributed by atoms with Gasteiger partial charge < -0.3 is 0 Å². The summed E-state index contributed by atoms with van der Waals surface area (Å²) in [7, 11) is 0. The van der Waals surface area contributed by atoms with Crippen LogP contribution in [0.25, 0.3) is 0 Å². The van der Waals surface area contributed by atoms with E-state index < -0.39 is 11.3 Å². The van der Waals surface area contributed by atoms with Gasteiger partial charge in [0, 0.05) is 0 Å². The van der Waals surface area contributed by atoms with E-state index in [9.17, 15) is 4.39 Å². The molecule has 0 unspecified atom stereocenters. The highest BCUT2D eigenvalue weighted by Crippen LogP contribution is 2.48. The van der Waals surface area contributed by atoms with E-state index in [2.05, 4.69) is 6.07 Å². The Hall–Kier alpha value is -1.43. The lowest BCUT2D eigenvalue weighted by molar-refractivity contribution is 0.0328. The average Bonchev–Trinajstić information content (AvgIpc) is 2.56. The number of aryl methyl sites for hydroxylation is 1. The summed E-state index contributed by atoms with van der Waals surface area (Å²) < 4.78 is 29.4. The molecule has 2 saturated carbocycles. The number of halogens is 2. The molecule has 0 atom stereocenters. The molecule has 2 aliphatic carbocycles. The van der Waals surface area contributed by atoms with Gasteiger partial charge >= 0.3 is 0 Å². The zero-order chi connectivity index (χ0) is 17.4. The maximum atomic E-state index is 15.4. The highest BCUT2D eigenvalue weighted by Gasteiger charge is 2.41. The first-order valence-corrected chi connectivity index (χ1v) is 9.22. The molecule has 0 amide bonds. The second-order valence-corrected chi connectivity index (χ2v) is 8.20. The van der Waals surface area contributed by atoms with E-state index in [1.54, 1.807) is 19.1 Å². The molecule has 2 aliphatic rings. The number of hydrogen-bond donors (Lipinski definition) is 0. The highest BCUT2D eigenvalue weighted by molar-refractivity contribution is 5.41. The molecule has 1 aromatic carbocycles. The smallest absolute Gasteiger partial charge is 0.136 e. The normalized spacial score (nSPS) is 37.0. The van der Waals surface area contributed by atoms with E-state index in [1.165, 1.54) is 0 Å². The van der Waals surface area contributed by atoms with Gasteiger partial charge in [0.05, 0.1) is 11.6 Å². The van der Waals surface area contributed by atoms with Crippen molar-refractivity contribution in [3.05, 3.63) is 34.9 Å². The standard InChI is InChI=1S/C21H27F2N/c1-15-13-19(4-3-18(15)14-24)21(23)11-7-17(8-12-21)16-5-9-20(2,22)10-6-16/h3-4,13,16-17H,5-12H2,1-2H3. The number of nitriles is 1. The highest BCUT2D eigenvalue weighted by atomic mass is 19.1. The lowest BCUT2D eigenvalue weighted by Crippen LogP contribution is -2.34. The lowest BCUT2D eigenvalue weighted by Gasteiger charge is -2.41. The molecule has 0 bridgehead atoms. The van der Waals surface area contributed by atoms with Crippen LogP contribution in [0.1, 0.15) is 75.0 Å². The summed E-state index contributed by atoms with van der Waals surface area (Å²) in [4.78, 5) is 0. The first-order valence-electron chi connectivity index (χ1n) is 9.22. The van der Waals surface area contributed by atoms with Crippen molar-refractivity contribution in [1.29, 1.82) is 5.26 Å². The maximum absolute atomic E-state index is 15.4. The van der Waals surface area contributed by atoms with Crippen molar-refractivity contribution in [2.24, 2.45) is 11.8 Å². The molecule has 24 heavy (non-hydrogen) atoms. The van der Waals surface area contributed by atoms with Crippen LogP contribution >= 0.6 is 0 Å². The molecule has 3 heteroatoms. The fraction of sp³-hybridized carbons (Fsp3) is 0.667. The van der Waals surface area contributed by atoms with Gasteiger partial charge in [-0.1, -0.05) is 12.1 Å². The molecule has 0 heterocycles. The Morgan fingerprint density at radius 1 is 1.00 bits per heavy atom. The molecule has 0 radical (unpaired) electrons. The Labute approximate surface area is 144 Å². The van der Waals surface area contributed by atoms with Crippen LogP contribution in [0.5, 0.6) is 0 Å². The fourth-order valence-electron chi connectivity index (χ4n) is 4.64. The van der Waals surface area contributed by atoms with Crippen LogP contribution < -0.4 is 0 Å².